The van der Waals surface area contributed by atoms with Crippen molar-refractivity contribution in [3.05, 3.63) is 53.2 Å². The van der Waals surface area contributed by atoms with Gasteiger partial charge >= 0.3 is 0 Å². The number of hydrogen-bond donors (Lipinski definition) is 0. The van der Waals surface area contributed by atoms with E-state index in [2.05, 4.69) is 23.1 Å². The Balaban J connectivity index is 1.79. The topological polar surface area (TPSA) is 82.3 Å². The van der Waals surface area contributed by atoms with Gasteiger partial charge in [0, 0.05) is 24.9 Å². The van der Waals surface area contributed by atoms with Gasteiger partial charge in [-0.3, -0.25) is 4.21 Å². The highest BCUT2D eigenvalue weighted by Crippen LogP contribution is 2.28. The molecule has 3 aromatic heterocycles. The maximum absolute atomic E-state index is 11.1. The van der Waals surface area contributed by atoms with Crippen LogP contribution in [-0.2, 0) is 29.1 Å². The minimum absolute atomic E-state index is 0.0760. The normalized spacial score (nSPS) is 12.8. The zero-order chi connectivity index (χ0) is 21.3. The van der Waals surface area contributed by atoms with Crippen molar-refractivity contribution in [3.8, 4) is 11.5 Å². The van der Waals surface area contributed by atoms with Gasteiger partial charge < -0.3 is 9.40 Å². The van der Waals surface area contributed by atoms with Crippen LogP contribution in [0.2, 0.25) is 0 Å². The van der Waals surface area contributed by atoms with Crippen molar-refractivity contribution >= 4 is 39.1 Å². The highest BCUT2D eigenvalue weighted by Gasteiger charge is 2.16. The minimum Gasteiger partial charge on any atom is -0.382 e. The Kier molecular flexibility index (Phi) is 5.59. The van der Waals surface area contributed by atoms with Crippen LogP contribution >= 0.6 is 0 Å². The van der Waals surface area contributed by atoms with Crippen molar-refractivity contribution in [2.75, 3.05) is 12.2 Å². The molecule has 0 aliphatic carbocycles. The molecule has 1 aromatic carbocycles. The first-order chi connectivity index (χ1) is 14.5. The van der Waals surface area contributed by atoms with E-state index in [4.69, 9.17) is 14.8 Å². The molecular weight excluding hydrogens is 398 g/mol. The van der Waals surface area contributed by atoms with E-state index < -0.39 is 10.8 Å². The molecule has 1 atom stereocenters. The number of oxime groups is 1. The molecule has 0 N–H and O–H groups in total. The van der Waals surface area contributed by atoms with E-state index in [1.165, 1.54) is 0 Å². The molecule has 7 nitrogen and oxygen atoms in total. The van der Waals surface area contributed by atoms with Gasteiger partial charge in [0.2, 0.25) is 0 Å². The summed E-state index contributed by atoms with van der Waals surface area (Å²) in [6.45, 7) is 4.13. The quantitative estimate of drug-likeness (QED) is 0.350. The average molecular weight is 422 g/mol. The highest BCUT2D eigenvalue weighted by atomic mass is 32.2. The molecule has 154 valence electrons. The van der Waals surface area contributed by atoms with Crippen LogP contribution in [0, 0.1) is 6.92 Å². The summed E-state index contributed by atoms with van der Waals surface area (Å²) in [6, 6.07) is 10.1. The molecule has 4 aromatic rings. The molecule has 4 rings (SSSR count). The third-order valence-electron chi connectivity index (χ3n) is 4.85. The Hall–Kier alpha value is -3.13. The summed E-state index contributed by atoms with van der Waals surface area (Å²) >= 11 is 0. The second-order valence-corrected chi connectivity index (χ2v) is 8.59. The molecule has 30 heavy (non-hydrogen) atoms. The molecule has 0 fully saturated rings. The summed E-state index contributed by atoms with van der Waals surface area (Å²) < 4.78 is 13.1. The number of benzene rings is 1. The third kappa shape index (κ3) is 3.95. The number of aromatic nitrogens is 4. The van der Waals surface area contributed by atoms with E-state index in [1.54, 1.807) is 12.5 Å². The number of nitrogens with zero attached hydrogens (tertiary/aromatic N) is 5. The SMILES string of the molecule is CCc1cc2ccc(/C=N/OCS(C)=O)cc2nc1-c1nc2cc(C)cnc2n1C. The molecule has 3 heterocycles. The van der Waals surface area contributed by atoms with Gasteiger partial charge in [0.1, 0.15) is 11.2 Å². The van der Waals surface area contributed by atoms with Crippen LogP contribution in [0.15, 0.2) is 41.7 Å². The lowest BCUT2D eigenvalue weighted by atomic mass is 10.0. The van der Waals surface area contributed by atoms with Gasteiger partial charge in [-0.1, -0.05) is 24.2 Å². The van der Waals surface area contributed by atoms with Crippen molar-refractivity contribution in [2.45, 2.75) is 20.3 Å². The van der Waals surface area contributed by atoms with Gasteiger partial charge in [-0.25, -0.2) is 15.0 Å². The lowest BCUT2D eigenvalue weighted by Gasteiger charge is -2.10. The number of rotatable bonds is 6. The lowest BCUT2D eigenvalue weighted by Crippen LogP contribution is -2.00. The second-order valence-electron chi connectivity index (χ2n) is 7.21. The molecule has 0 saturated carbocycles. The number of pyridine rings is 2. The molecule has 0 amide bonds. The standard InChI is InChI=1S/C22H23N5O2S/c1-5-16-10-17-7-6-15(12-24-29-13-30(4)28)9-18(17)25-20(16)22-26-19-8-14(2)11-23-21(19)27(22)3/h6-12H,5,13H2,1-4H3/b24-12+. The van der Waals surface area contributed by atoms with Crippen molar-refractivity contribution in [3.63, 3.8) is 0 Å². The molecule has 0 spiro atoms. The first kappa shape index (κ1) is 20.2. The maximum atomic E-state index is 11.1. The average Bonchev–Trinajstić information content (AvgIpc) is 3.05. The summed E-state index contributed by atoms with van der Waals surface area (Å²) in [5, 5.41) is 4.94. The summed E-state index contributed by atoms with van der Waals surface area (Å²) in [5.41, 5.74) is 6.47. The van der Waals surface area contributed by atoms with Crippen molar-refractivity contribution in [2.24, 2.45) is 12.2 Å². The monoisotopic (exact) mass is 421 g/mol. The number of hydrogen-bond acceptors (Lipinski definition) is 6. The van der Waals surface area contributed by atoms with Gasteiger partial charge in [-0.2, -0.15) is 0 Å². The molecular formula is C22H23N5O2S. The van der Waals surface area contributed by atoms with Gasteiger partial charge in [-0.15, -0.1) is 0 Å². The van der Waals surface area contributed by atoms with E-state index in [0.29, 0.717) is 0 Å². The van der Waals surface area contributed by atoms with E-state index in [-0.39, 0.29) is 5.94 Å². The highest BCUT2D eigenvalue weighted by molar-refractivity contribution is 7.84. The largest absolute Gasteiger partial charge is 0.382 e. The van der Waals surface area contributed by atoms with Crippen LogP contribution in [0.5, 0.6) is 0 Å². The summed E-state index contributed by atoms with van der Waals surface area (Å²) in [5.74, 6) is 0.877. The van der Waals surface area contributed by atoms with Crippen molar-refractivity contribution < 1.29 is 9.05 Å². The van der Waals surface area contributed by atoms with Crippen molar-refractivity contribution in [1.29, 1.82) is 0 Å². The van der Waals surface area contributed by atoms with Gasteiger partial charge in [0.25, 0.3) is 0 Å². The van der Waals surface area contributed by atoms with Crippen LogP contribution in [-0.4, -0.2) is 42.1 Å². The van der Waals surface area contributed by atoms with Crippen LogP contribution in [0.3, 0.4) is 0 Å². The van der Waals surface area contributed by atoms with E-state index >= 15 is 0 Å². The van der Waals surface area contributed by atoms with E-state index in [0.717, 1.165) is 56.7 Å². The molecule has 8 heteroatoms. The van der Waals surface area contributed by atoms with E-state index in [1.807, 2.05) is 49.0 Å². The Morgan fingerprint density at radius 2 is 2.03 bits per heavy atom. The van der Waals surface area contributed by atoms with E-state index in [9.17, 15) is 4.21 Å². The Morgan fingerprint density at radius 1 is 1.20 bits per heavy atom. The second kappa shape index (κ2) is 8.31. The number of fused-ring (bicyclic) bond motifs is 2. The predicted octanol–water partition coefficient (Wildman–Crippen LogP) is 3.74. The molecule has 0 saturated heterocycles. The zero-order valence-corrected chi connectivity index (χ0v) is 18.2. The molecule has 0 aliphatic rings. The van der Waals surface area contributed by atoms with Crippen LogP contribution in [0.1, 0.15) is 23.6 Å². The van der Waals surface area contributed by atoms with Gasteiger partial charge in [0.05, 0.1) is 22.5 Å². The summed E-state index contributed by atoms with van der Waals surface area (Å²) in [7, 11) is 0.921. The fourth-order valence-electron chi connectivity index (χ4n) is 3.36. The maximum Gasteiger partial charge on any atom is 0.191 e. The smallest absolute Gasteiger partial charge is 0.191 e. The number of imidazole rings is 1. The predicted molar refractivity (Wildman–Crippen MR) is 121 cm³/mol. The molecule has 0 radical (unpaired) electrons. The van der Waals surface area contributed by atoms with Crippen LogP contribution in [0.4, 0.5) is 0 Å². The van der Waals surface area contributed by atoms with Gasteiger partial charge in [0.15, 0.2) is 17.4 Å². The third-order valence-corrected chi connectivity index (χ3v) is 5.29. The molecule has 0 aliphatic heterocycles. The summed E-state index contributed by atoms with van der Waals surface area (Å²) in [4.78, 5) is 19.3. The van der Waals surface area contributed by atoms with Crippen LogP contribution < -0.4 is 0 Å². The number of aryl methyl sites for hydroxylation is 3. The zero-order valence-electron chi connectivity index (χ0n) is 17.4. The first-order valence-corrected chi connectivity index (χ1v) is 11.4. The molecule has 0 bridgehead atoms. The minimum atomic E-state index is -1.05. The first-order valence-electron chi connectivity index (χ1n) is 9.64. The fraction of sp³-hybridized carbons (Fsp3) is 0.273. The van der Waals surface area contributed by atoms with Gasteiger partial charge in [-0.05, 0) is 48.2 Å². The van der Waals surface area contributed by atoms with Crippen molar-refractivity contribution in [1.82, 2.24) is 19.5 Å². The summed E-state index contributed by atoms with van der Waals surface area (Å²) in [6.07, 6.45) is 5.87. The molecule has 1 unspecified atom stereocenters. The fourth-order valence-corrected chi connectivity index (χ4v) is 3.57. The Labute approximate surface area is 177 Å². The Bertz CT molecular complexity index is 1300. The lowest BCUT2D eigenvalue weighted by molar-refractivity contribution is 0.195. The Morgan fingerprint density at radius 3 is 2.80 bits per heavy atom. The van der Waals surface area contributed by atoms with Crippen LogP contribution in [0.25, 0.3) is 33.6 Å².